The van der Waals surface area contributed by atoms with Crippen LogP contribution < -0.4 is 5.73 Å². The molecule has 13 N–H and O–H groups in total. The van der Waals surface area contributed by atoms with Crippen molar-refractivity contribution >= 4 is 11.9 Å². The summed E-state index contributed by atoms with van der Waals surface area (Å²) in [7, 11) is 0. The predicted octanol–water partition coefficient (Wildman–Crippen LogP) is 1.83. The number of hydrogen-bond acceptors (Lipinski definition) is 17. The monoisotopic (exact) mass is 934 g/mol. The van der Waals surface area contributed by atoms with E-state index in [4.69, 9.17) is 24.7 Å². The van der Waals surface area contributed by atoms with Crippen molar-refractivity contribution in [1.29, 1.82) is 0 Å². The predicted molar refractivity (Wildman–Crippen MR) is 237 cm³/mol. The Balaban J connectivity index is 1.74. The van der Waals surface area contributed by atoms with Crippen molar-refractivity contribution in [2.75, 3.05) is 0 Å². The quantitative estimate of drug-likeness (QED) is 0.142. The van der Waals surface area contributed by atoms with E-state index in [0.717, 1.165) is 44.9 Å². The number of carbonyl (C=O) groups is 2. The van der Waals surface area contributed by atoms with E-state index in [1.807, 2.05) is 19.1 Å². The summed E-state index contributed by atoms with van der Waals surface area (Å²) in [4.78, 5) is 25.1. The Bertz CT molecular complexity index is 1440. The van der Waals surface area contributed by atoms with Gasteiger partial charge < -0.3 is 80.9 Å². The van der Waals surface area contributed by atoms with Gasteiger partial charge in [-0.25, -0.2) is 0 Å². The lowest BCUT2D eigenvalue weighted by atomic mass is 9.82. The SMILES string of the molecule is C[C@@H]1[C@H](O)[C@@H](C)/C=C/C/C=C/CCCCCCCCC[C@H](O[C@@H]2O[C@H](C)[C@@H](O)[C@H](N)[C@@H]2O)C[C@@H]2O[C@](O)(C[C@@H](O)C[C@@H](O)[C@H](O)CC[C@@H](O)C[C@@H](O)CC(=O)O[C@H]1C)C[C@H](O)[C@H]2C(=O)O. The number of carbonyl (C=O) groups excluding carboxylic acids is 1. The molecule has 3 heterocycles. The Labute approximate surface area is 384 Å². The first-order chi connectivity index (χ1) is 30.6. The zero-order chi connectivity index (χ0) is 48.4. The first-order valence-corrected chi connectivity index (χ1v) is 24.0. The van der Waals surface area contributed by atoms with Crippen LogP contribution in [0.2, 0.25) is 0 Å². The maximum atomic E-state index is 12.6. The minimum absolute atomic E-state index is 0.0870. The van der Waals surface area contributed by atoms with Gasteiger partial charge in [0.05, 0.1) is 79.6 Å². The lowest BCUT2D eigenvalue weighted by Crippen LogP contribution is -2.61. The van der Waals surface area contributed by atoms with Gasteiger partial charge in [-0.1, -0.05) is 76.7 Å². The molecular weight excluding hydrogens is 851 g/mol. The van der Waals surface area contributed by atoms with Crippen LogP contribution in [0.25, 0.3) is 0 Å². The van der Waals surface area contributed by atoms with E-state index < -0.39 is 147 Å². The van der Waals surface area contributed by atoms with Crippen LogP contribution in [0.3, 0.4) is 0 Å². The van der Waals surface area contributed by atoms with E-state index in [-0.39, 0.29) is 31.6 Å². The zero-order valence-corrected chi connectivity index (χ0v) is 38.9. The third kappa shape index (κ3) is 19.4. The molecule has 378 valence electrons. The maximum absolute atomic E-state index is 12.6. The van der Waals surface area contributed by atoms with Gasteiger partial charge in [-0.3, -0.25) is 9.59 Å². The third-order valence-electron chi connectivity index (χ3n) is 13.4. The van der Waals surface area contributed by atoms with Crippen LogP contribution in [0.4, 0.5) is 0 Å². The topological polar surface area (TPSA) is 320 Å². The minimum atomic E-state index is -2.27. The standard InChI is InChI=1S/C47H83NO17/c1-27-17-15-13-11-9-7-5-6-8-10-12-14-16-18-34(64-46-44(58)41(48)43(57)30(4)63-46)24-38-40(45(59)60)37(54)26-47(61,65-38)25-33(51)22-36(53)35(52)20-19-31(49)21-32(50)23-39(55)62-29(3)28(2)42(27)56/h9,11,15,17,27-38,40-44,46,49-54,56-58,61H,5-8,10,12-14,16,18-26,48H2,1-4H3,(H,59,60)/b11-9+,17-15+/t27-,28-,29-,30+,31+,32+,33-,34-,35+,36+,37-,38-,40+,41-,42+,43+,44-,46-,47+/m0/s1. The van der Waals surface area contributed by atoms with Crippen molar-refractivity contribution in [3.63, 3.8) is 0 Å². The fourth-order valence-corrected chi connectivity index (χ4v) is 9.11. The third-order valence-corrected chi connectivity index (χ3v) is 13.4. The van der Waals surface area contributed by atoms with Crippen LogP contribution in [0, 0.1) is 17.8 Å². The van der Waals surface area contributed by atoms with Gasteiger partial charge in [-0.2, -0.15) is 0 Å². The molecule has 18 heteroatoms. The van der Waals surface area contributed by atoms with Crippen LogP contribution in [0.15, 0.2) is 24.3 Å². The number of rotatable bonds is 3. The van der Waals surface area contributed by atoms with Gasteiger partial charge in [0.25, 0.3) is 0 Å². The van der Waals surface area contributed by atoms with Crippen LogP contribution in [0.1, 0.15) is 143 Å². The number of aliphatic hydroxyl groups is 10. The molecule has 0 aromatic heterocycles. The molecule has 18 nitrogen and oxygen atoms in total. The normalized spacial score (nSPS) is 44.3. The molecule has 0 amide bonds. The molecule has 0 aliphatic carbocycles. The van der Waals surface area contributed by atoms with Gasteiger partial charge >= 0.3 is 11.9 Å². The molecule has 3 rings (SSSR count). The molecule has 0 saturated carbocycles. The summed E-state index contributed by atoms with van der Waals surface area (Å²) in [6.45, 7) is 6.91. The van der Waals surface area contributed by atoms with Crippen molar-refractivity contribution in [3.8, 4) is 0 Å². The zero-order valence-electron chi connectivity index (χ0n) is 38.9. The number of allylic oxidation sites excluding steroid dienone is 3. The molecule has 3 aliphatic rings. The summed E-state index contributed by atoms with van der Waals surface area (Å²) in [5.41, 5.74) is 6.06. The number of cyclic esters (lactones) is 1. The Hall–Kier alpha value is -2.14. The number of carboxylic acids is 1. The van der Waals surface area contributed by atoms with Gasteiger partial charge in [-0.05, 0) is 58.8 Å². The van der Waals surface area contributed by atoms with E-state index >= 15 is 0 Å². The molecule has 19 atom stereocenters. The molecule has 0 unspecified atom stereocenters. The highest BCUT2D eigenvalue weighted by molar-refractivity contribution is 5.71. The molecule has 2 bridgehead atoms. The molecule has 2 saturated heterocycles. The molecule has 2 fully saturated rings. The minimum Gasteiger partial charge on any atom is -0.481 e. The van der Waals surface area contributed by atoms with Crippen LogP contribution in [-0.4, -0.2) is 166 Å². The summed E-state index contributed by atoms with van der Waals surface area (Å²) in [6.07, 6.45) is -2.94. The van der Waals surface area contributed by atoms with Crippen LogP contribution >= 0.6 is 0 Å². The summed E-state index contributed by atoms with van der Waals surface area (Å²) in [6, 6.07) is -1.09. The second-order valence-electron chi connectivity index (χ2n) is 19.1. The van der Waals surface area contributed by atoms with E-state index in [9.17, 15) is 65.8 Å². The van der Waals surface area contributed by atoms with Gasteiger partial charge in [0.15, 0.2) is 12.1 Å². The number of hydrogen-bond donors (Lipinski definition) is 12. The highest BCUT2D eigenvalue weighted by atomic mass is 16.7. The fourth-order valence-electron chi connectivity index (χ4n) is 9.11. The average Bonchev–Trinajstić information content (AvgIpc) is 3.21. The summed E-state index contributed by atoms with van der Waals surface area (Å²) in [5, 5.41) is 119. The van der Waals surface area contributed by atoms with Crippen molar-refractivity contribution in [2.24, 2.45) is 23.5 Å². The first kappa shape index (κ1) is 57.2. The number of nitrogens with two attached hydrogens (primary N) is 1. The van der Waals surface area contributed by atoms with Crippen molar-refractivity contribution < 1.29 is 84.7 Å². The van der Waals surface area contributed by atoms with Crippen molar-refractivity contribution in [2.45, 2.75) is 241 Å². The number of ether oxygens (including phenoxy) is 4. The van der Waals surface area contributed by atoms with Gasteiger partial charge in [0.1, 0.15) is 18.1 Å². The van der Waals surface area contributed by atoms with E-state index in [2.05, 4.69) is 12.2 Å². The molecule has 65 heavy (non-hydrogen) atoms. The summed E-state index contributed by atoms with van der Waals surface area (Å²) in [5.74, 6) is -6.49. The Kier molecular flexibility index (Phi) is 25.0. The highest BCUT2D eigenvalue weighted by Gasteiger charge is 2.51. The molecule has 0 aromatic rings. The van der Waals surface area contributed by atoms with Gasteiger partial charge in [0, 0.05) is 37.5 Å². The van der Waals surface area contributed by atoms with E-state index in [1.165, 1.54) is 0 Å². The van der Waals surface area contributed by atoms with E-state index in [1.54, 1.807) is 20.8 Å². The number of aliphatic hydroxyl groups excluding tert-OH is 9. The number of carboxylic acid groups (broad SMARTS) is 1. The average molecular weight is 934 g/mol. The Morgan fingerprint density at radius 1 is 0.708 bits per heavy atom. The number of aliphatic carboxylic acids is 1. The van der Waals surface area contributed by atoms with Crippen LogP contribution in [0.5, 0.6) is 0 Å². The number of esters is 1. The smallest absolute Gasteiger partial charge is 0.311 e. The maximum Gasteiger partial charge on any atom is 0.311 e. The second-order valence-corrected chi connectivity index (χ2v) is 19.1. The second kappa shape index (κ2) is 28.4. The Morgan fingerprint density at radius 2 is 1.37 bits per heavy atom. The van der Waals surface area contributed by atoms with E-state index in [0.29, 0.717) is 19.3 Å². The molecule has 0 spiro atoms. The van der Waals surface area contributed by atoms with Gasteiger partial charge in [-0.15, -0.1) is 0 Å². The van der Waals surface area contributed by atoms with Gasteiger partial charge in [0.2, 0.25) is 0 Å². The van der Waals surface area contributed by atoms with Crippen molar-refractivity contribution in [3.05, 3.63) is 24.3 Å². The summed E-state index contributed by atoms with van der Waals surface area (Å²) >= 11 is 0. The fraction of sp³-hybridized carbons (Fsp3) is 0.872. The molecule has 0 radical (unpaired) electrons. The largest absolute Gasteiger partial charge is 0.481 e. The van der Waals surface area contributed by atoms with Crippen LogP contribution in [-0.2, 0) is 28.5 Å². The Morgan fingerprint density at radius 3 is 2.05 bits per heavy atom. The van der Waals surface area contributed by atoms with Crippen molar-refractivity contribution in [1.82, 2.24) is 0 Å². The highest BCUT2D eigenvalue weighted by Crippen LogP contribution is 2.38. The summed E-state index contributed by atoms with van der Waals surface area (Å²) < 4.78 is 23.5. The lowest BCUT2D eigenvalue weighted by Gasteiger charge is -2.45. The number of fused-ring (bicyclic) bond motifs is 2. The molecule has 0 aromatic carbocycles. The lowest BCUT2D eigenvalue weighted by molar-refractivity contribution is -0.311. The molecule has 3 aliphatic heterocycles. The first-order valence-electron chi connectivity index (χ1n) is 24.0. The molecular formula is C47H83NO17.